The molecule has 0 bridgehead atoms. The quantitative estimate of drug-likeness (QED) is 0.318. The maximum absolute atomic E-state index is 13.6. The van der Waals surface area contributed by atoms with Crippen molar-refractivity contribution in [3.8, 4) is 11.4 Å². The van der Waals surface area contributed by atoms with Gasteiger partial charge in [0.2, 0.25) is 0 Å². The number of ether oxygens (including phenoxy) is 3. The molecule has 9 atom stereocenters. The van der Waals surface area contributed by atoms with Crippen LogP contribution in [0.15, 0.2) is 42.6 Å². The maximum Gasteiger partial charge on any atom is 0.171 e. The van der Waals surface area contributed by atoms with Crippen LogP contribution in [0.1, 0.15) is 82.0 Å². The second-order valence-electron chi connectivity index (χ2n) is 14.4. The third-order valence-corrected chi connectivity index (χ3v) is 12.0. The van der Waals surface area contributed by atoms with E-state index < -0.39 is 11.6 Å². The summed E-state index contributed by atoms with van der Waals surface area (Å²) in [5.74, 6) is 2.80. The maximum atomic E-state index is 13.6. The first-order valence-electron chi connectivity index (χ1n) is 16.2. The zero-order valence-corrected chi connectivity index (χ0v) is 25.3. The Labute approximate surface area is 252 Å². The molecule has 1 aromatic heterocycles. The van der Waals surface area contributed by atoms with Crippen molar-refractivity contribution in [2.75, 3.05) is 6.61 Å². The molecule has 8 rings (SSSR count). The van der Waals surface area contributed by atoms with Gasteiger partial charge in [0.05, 0.1) is 24.6 Å². The lowest BCUT2D eigenvalue weighted by molar-refractivity contribution is -0.272. The van der Waals surface area contributed by atoms with Gasteiger partial charge in [0.1, 0.15) is 29.7 Å². The molecule has 0 unspecified atom stereocenters. The average Bonchev–Trinajstić information content (AvgIpc) is 3.65. The van der Waals surface area contributed by atoms with Gasteiger partial charge in [-0.1, -0.05) is 32.1 Å². The standard InChI is InChI=1S/C35H41F2N3O3/c1-20-8-11-35(42-18-20)21(2)33-32(43-35)16-31-30-6-4-22-12-27(5-7-28(22)29(30)9-10-34(31,33)3)41-19-25-17-40(39-38-25)26-14-23(36)13-24(37)15-26/h5,7,12-15,17,20-21,29-33H,4,6,8-11,16,18-19H2,1-3H3/t20-,21+,29-,30-,31+,32+,33+,34+,35-/m1/s1. The minimum absolute atomic E-state index is 0.230. The highest BCUT2D eigenvalue weighted by Crippen LogP contribution is 2.69. The Morgan fingerprint density at radius 1 is 1.05 bits per heavy atom. The largest absolute Gasteiger partial charge is 0.487 e. The zero-order chi connectivity index (χ0) is 29.5. The molecule has 3 aliphatic carbocycles. The van der Waals surface area contributed by atoms with Gasteiger partial charge in [-0.15, -0.1) is 5.10 Å². The van der Waals surface area contributed by atoms with Crippen LogP contribution in [0.3, 0.4) is 0 Å². The van der Waals surface area contributed by atoms with Crippen molar-refractivity contribution in [3.05, 3.63) is 71.1 Å². The molecule has 2 aromatic carbocycles. The van der Waals surface area contributed by atoms with E-state index in [0.717, 1.165) is 31.3 Å². The summed E-state index contributed by atoms with van der Waals surface area (Å²) in [6.07, 6.45) is 10.1. The molecule has 3 aromatic rings. The van der Waals surface area contributed by atoms with Gasteiger partial charge >= 0.3 is 0 Å². The van der Waals surface area contributed by atoms with Gasteiger partial charge < -0.3 is 14.2 Å². The molecule has 8 heteroatoms. The average molecular weight is 590 g/mol. The van der Waals surface area contributed by atoms with Crippen LogP contribution in [0.5, 0.6) is 5.75 Å². The molecular formula is C35H41F2N3O3. The number of rotatable bonds is 4. The lowest BCUT2D eigenvalue weighted by Crippen LogP contribution is -2.48. The first kappa shape index (κ1) is 27.7. The summed E-state index contributed by atoms with van der Waals surface area (Å²) in [5.41, 5.74) is 4.08. The minimum atomic E-state index is -0.655. The van der Waals surface area contributed by atoms with E-state index in [4.69, 9.17) is 14.2 Å². The highest BCUT2D eigenvalue weighted by Gasteiger charge is 2.67. The van der Waals surface area contributed by atoms with E-state index in [-0.39, 0.29) is 18.1 Å². The molecule has 1 spiro atoms. The molecule has 228 valence electrons. The van der Waals surface area contributed by atoms with Crippen molar-refractivity contribution in [1.82, 2.24) is 15.0 Å². The predicted octanol–water partition coefficient (Wildman–Crippen LogP) is 7.38. The highest BCUT2D eigenvalue weighted by atomic mass is 19.1. The predicted molar refractivity (Wildman–Crippen MR) is 157 cm³/mol. The van der Waals surface area contributed by atoms with Crippen molar-refractivity contribution in [1.29, 1.82) is 0 Å². The van der Waals surface area contributed by atoms with Gasteiger partial charge in [0.15, 0.2) is 5.79 Å². The Kier molecular flexibility index (Phi) is 6.50. The van der Waals surface area contributed by atoms with Gasteiger partial charge in [0, 0.05) is 18.4 Å². The van der Waals surface area contributed by atoms with E-state index in [9.17, 15) is 8.78 Å². The fourth-order valence-corrected chi connectivity index (χ4v) is 9.99. The number of aryl methyl sites for hydroxylation is 1. The van der Waals surface area contributed by atoms with Crippen LogP contribution in [0.4, 0.5) is 8.78 Å². The van der Waals surface area contributed by atoms with Gasteiger partial charge in [0.25, 0.3) is 0 Å². The molecule has 43 heavy (non-hydrogen) atoms. The zero-order valence-electron chi connectivity index (χ0n) is 25.3. The summed E-state index contributed by atoms with van der Waals surface area (Å²) >= 11 is 0. The second kappa shape index (κ2) is 10.1. The van der Waals surface area contributed by atoms with Crippen LogP contribution in [-0.4, -0.2) is 33.5 Å². The molecule has 6 nitrogen and oxygen atoms in total. The Hall–Kier alpha value is -2.84. The van der Waals surface area contributed by atoms with Crippen LogP contribution >= 0.6 is 0 Å². The number of benzene rings is 2. The monoisotopic (exact) mass is 589 g/mol. The summed E-state index contributed by atoms with van der Waals surface area (Å²) in [4.78, 5) is 0. The normalized spacial score (nSPS) is 37.9. The number of fused-ring (bicyclic) bond motifs is 7. The molecule has 2 saturated heterocycles. The molecular weight excluding hydrogens is 548 g/mol. The molecule has 5 aliphatic rings. The van der Waals surface area contributed by atoms with Crippen LogP contribution in [0, 0.1) is 46.6 Å². The number of hydrogen-bond donors (Lipinski definition) is 0. The SMILES string of the molecule is C[C@@H]1CC[C@@]2(OC1)O[C@H]1C[C@H]3[C@@H]4CCc5cc(OCc6cn(-c7cc(F)cc(F)c7)nn6)ccc5[C@H]4CC[C@]3(C)[C@H]1[C@@H]2C. The summed E-state index contributed by atoms with van der Waals surface area (Å²) in [5, 5.41) is 8.15. The lowest BCUT2D eigenvalue weighted by Gasteiger charge is -2.52. The van der Waals surface area contributed by atoms with Crippen molar-refractivity contribution in [2.45, 2.75) is 90.1 Å². The van der Waals surface area contributed by atoms with Gasteiger partial charge in [-0.3, -0.25) is 0 Å². The smallest absolute Gasteiger partial charge is 0.171 e. The third-order valence-electron chi connectivity index (χ3n) is 12.0. The van der Waals surface area contributed by atoms with Gasteiger partial charge in [-0.05, 0) is 109 Å². The van der Waals surface area contributed by atoms with Gasteiger partial charge in [-0.2, -0.15) is 0 Å². The van der Waals surface area contributed by atoms with Crippen LogP contribution in [-0.2, 0) is 22.5 Å². The van der Waals surface area contributed by atoms with Crippen molar-refractivity contribution < 1.29 is 23.0 Å². The van der Waals surface area contributed by atoms with Crippen molar-refractivity contribution >= 4 is 0 Å². The Bertz CT molecular complexity index is 1510. The van der Waals surface area contributed by atoms with Crippen LogP contribution < -0.4 is 4.74 Å². The topological polar surface area (TPSA) is 58.4 Å². The molecule has 3 heterocycles. The Balaban J connectivity index is 0.951. The summed E-state index contributed by atoms with van der Waals surface area (Å²) in [6.45, 7) is 8.34. The van der Waals surface area contributed by atoms with Crippen LogP contribution in [0.2, 0.25) is 0 Å². The number of nitrogens with zero attached hydrogens (tertiary/aromatic N) is 3. The number of halogens is 2. The fourth-order valence-electron chi connectivity index (χ4n) is 9.99. The molecule has 4 fully saturated rings. The van der Waals surface area contributed by atoms with Gasteiger partial charge in [-0.25, -0.2) is 13.5 Å². The molecule has 0 amide bonds. The summed E-state index contributed by atoms with van der Waals surface area (Å²) in [7, 11) is 0. The first-order valence-corrected chi connectivity index (χ1v) is 16.2. The molecule has 2 saturated carbocycles. The van der Waals surface area contributed by atoms with E-state index in [2.05, 4.69) is 49.3 Å². The molecule has 0 radical (unpaired) electrons. The van der Waals surface area contributed by atoms with E-state index >= 15 is 0 Å². The van der Waals surface area contributed by atoms with E-state index in [1.807, 2.05) is 0 Å². The van der Waals surface area contributed by atoms with Crippen LogP contribution in [0.25, 0.3) is 5.69 Å². The highest BCUT2D eigenvalue weighted by molar-refractivity contribution is 5.41. The third kappa shape index (κ3) is 4.46. The number of hydrogen-bond acceptors (Lipinski definition) is 5. The minimum Gasteiger partial charge on any atom is -0.487 e. The molecule has 0 N–H and O–H groups in total. The van der Waals surface area contributed by atoms with E-state index in [0.29, 0.717) is 52.7 Å². The Morgan fingerprint density at radius 3 is 2.67 bits per heavy atom. The number of aromatic nitrogens is 3. The molecule has 2 aliphatic heterocycles. The summed E-state index contributed by atoms with van der Waals surface area (Å²) < 4.78 is 48.1. The second-order valence-corrected chi connectivity index (χ2v) is 14.4. The fraction of sp³-hybridized carbons (Fsp3) is 0.600. The van der Waals surface area contributed by atoms with Crippen molar-refractivity contribution in [3.63, 3.8) is 0 Å². The summed E-state index contributed by atoms with van der Waals surface area (Å²) in [6, 6.07) is 9.86. The Morgan fingerprint density at radius 2 is 1.88 bits per heavy atom. The van der Waals surface area contributed by atoms with Crippen molar-refractivity contribution in [2.24, 2.45) is 35.0 Å². The van der Waals surface area contributed by atoms with E-state index in [1.54, 1.807) is 6.20 Å². The van der Waals surface area contributed by atoms with E-state index in [1.165, 1.54) is 60.0 Å². The first-order chi connectivity index (χ1) is 20.7. The lowest BCUT2D eigenvalue weighted by atomic mass is 9.53.